The molecule has 112 valence electrons. The first-order chi connectivity index (χ1) is 10.0. The van der Waals surface area contributed by atoms with Crippen LogP contribution in [0.4, 0.5) is 4.39 Å². The van der Waals surface area contributed by atoms with E-state index in [1.165, 1.54) is 28.6 Å². The second-order valence-corrected chi connectivity index (χ2v) is 6.23. The Morgan fingerprint density at radius 2 is 2.38 bits per heavy atom. The summed E-state index contributed by atoms with van der Waals surface area (Å²) in [6, 6.07) is 1.44. The molecule has 1 aliphatic rings. The summed E-state index contributed by atoms with van der Waals surface area (Å²) in [6.45, 7) is 4.09. The average Bonchev–Trinajstić information content (AvgIpc) is 3.02. The maximum absolute atomic E-state index is 14.1. The van der Waals surface area contributed by atoms with Crippen molar-refractivity contribution in [1.29, 1.82) is 0 Å². The molecular weight excluding hydrogens is 293 g/mol. The molecule has 0 radical (unpaired) electrons. The number of hydrogen-bond acceptors (Lipinski definition) is 5. The Bertz CT molecular complexity index is 697. The van der Waals surface area contributed by atoms with Gasteiger partial charge in [0.15, 0.2) is 0 Å². The molecular formula is C14H16FN3O2S. The number of esters is 1. The van der Waals surface area contributed by atoms with Crippen molar-refractivity contribution in [3.63, 3.8) is 0 Å². The summed E-state index contributed by atoms with van der Waals surface area (Å²) in [6.07, 6.45) is 5.26. The second-order valence-electron chi connectivity index (χ2n) is 5.35. The van der Waals surface area contributed by atoms with E-state index in [1.807, 2.05) is 0 Å². The van der Waals surface area contributed by atoms with Gasteiger partial charge in [-0.3, -0.25) is 9.12 Å². The topological polar surface area (TPSA) is 55.6 Å². The predicted octanol–water partition coefficient (Wildman–Crippen LogP) is 2.80. The number of ether oxygens (including phenoxy) is 1. The number of carbonyl (C=O) groups is 1. The van der Waals surface area contributed by atoms with Gasteiger partial charge in [-0.2, -0.15) is 0 Å². The Morgan fingerprint density at radius 3 is 3.05 bits per heavy atom. The lowest BCUT2D eigenvalue weighted by atomic mass is 10.4. The van der Waals surface area contributed by atoms with Gasteiger partial charge in [0.1, 0.15) is 11.3 Å². The zero-order chi connectivity index (χ0) is 15.0. The van der Waals surface area contributed by atoms with Gasteiger partial charge < -0.3 is 4.74 Å². The number of rotatable bonds is 5. The second kappa shape index (κ2) is 5.31. The lowest BCUT2D eigenvalue weighted by molar-refractivity contribution is 0.0511. The Labute approximate surface area is 126 Å². The lowest BCUT2D eigenvalue weighted by Crippen LogP contribution is -2.20. The third kappa shape index (κ3) is 2.89. The van der Waals surface area contributed by atoms with Crippen molar-refractivity contribution < 1.29 is 13.9 Å². The minimum Gasteiger partial charge on any atom is -0.460 e. The van der Waals surface area contributed by atoms with Crippen molar-refractivity contribution in [3.8, 4) is 0 Å². The molecule has 3 rings (SSSR count). The van der Waals surface area contributed by atoms with Crippen LogP contribution in [0.25, 0.3) is 5.52 Å². The molecule has 0 unspecified atom stereocenters. The molecule has 7 heteroatoms. The van der Waals surface area contributed by atoms with E-state index in [4.69, 9.17) is 4.74 Å². The Balaban J connectivity index is 1.92. The van der Waals surface area contributed by atoms with E-state index in [0.717, 1.165) is 12.8 Å². The summed E-state index contributed by atoms with van der Waals surface area (Å²) < 4.78 is 23.8. The van der Waals surface area contributed by atoms with Gasteiger partial charge in [-0.25, -0.2) is 14.2 Å². The number of carbonyl (C=O) groups excluding carboxylic acids is 1. The fourth-order valence-electron chi connectivity index (χ4n) is 1.91. The van der Waals surface area contributed by atoms with Gasteiger partial charge in [-0.1, -0.05) is 0 Å². The Hall–Kier alpha value is -1.60. The summed E-state index contributed by atoms with van der Waals surface area (Å²) in [5.41, 5.74) is 0.398. The highest BCUT2D eigenvalue weighted by Crippen LogP contribution is 2.37. The van der Waals surface area contributed by atoms with E-state index >= 15 is 0 Å². The molecule has 1 saturated carbocycles. The summed E-state index contributed by atoms with van der Waals surface area (Å²) in [7, 11) is 0. The molecule has 0 atom stereocenters. The van der Waals surface area contributed by atoms with Gasteiger partial charge in [-0.15, -0.1) is 0 Å². The number of hydrogen-bond donors (Lipinski definition) is 1. The van der Waals surface area contributed by atoms with Crippen molar-refractivity contribution >= 4 is 23.4 Å². The summed E-state index contributed by atoms with van der Waals surface area (Å²) >= 11 is 1.37. The first kappa shape index (κ1) is 14.3. The largest absolute Gasteiger partial charge is 0.460 e. The van der Waals surface area contributed by atoms with Crippen molar-refractivity contribution in [2.24, 2.45) is 0 Å². The molecule has 1 aliphatic carbocycles. The molecule has 0 spiro atoms. The number of halogens is 1. The Morgan fingerprint density at radius 1 is 1.62 bits per heavy atom. The number of fused-ring (bicyclic) bond motifs is 1. The zero-order valence-corrected chi connectivity index (χ0v) is 12.7. The molecule has 1 N–H and O–H groups in total. The molecule has 0 saturated heterocycles. The van der Waals surface area contributed by atoms with Crippen LogP contribution >= 0.6 is 11.9 Å². The molecule has 0 bridgehead atoms. The van der Waals surface area contributed by atoms with Crippen molar-refractivity contribution in [1.82, 2.24) is 14.1 Å². The van der Waals surface area contributed by atoms with E-state index in [-0.39, 0.29) is 23.5 Å². The lowest BCUT2D eigenvalue weighted by Gasteiger charge is -2.11. The molecule has 0 aromatic carbocycles. The van der Waals surface area contributed by atoms with Gasteiger partial charge >= 0.3 is 5.97 Å². The summed E-state index contributed by atoms with van der Waals surface area (Å²) in [5.74, 6) is -0.877. The van der Waals surface area contributed by atoms with E-state index in [9.17, 15) is 9.18 Å². The van der Waals surface area contributed by atoms with Crippen LogP contribution in [-0.4, -0.2) is 27.5 Å². The minimum atomic E-state index is -0.554. The summed E-state index contributed by atoms with van der Waals surface area (Å²) in [5, 5.41) is 0. The highest BCUT2D eigenvalue weighted by atomic mass is 32.2. The molecule has 0 aliphatic heterocycles. The fourth-order valence-corrected chi connectivity index (χ4v) is 2.79. The number of imidazole rings is 1. The first-order valence-corrected chi connectivity index (χ1v) is 7.62. The van der Waals surface area contributed by atoms with Crippen LogP contribution in [0.1, 0.15) is 37.3 Å². The van der Waals surface area contributed by atoms with Crippen LogP contribution in [0, 0.1) is 5.82 Å². The molecule has 2 aromatic heterocycles. The van der Waals surface area contributed by atoms with Crippen LogP contribution in [0.15, 0.2) is 23.4 Å². The van der Waals surface area contributed by atoms with Crippen LogP contribution < -0.4 is 4.72 Å². The standard InChI is InChI=1S/C14H16FN3O2S/c1-3-20-13(19)12-16-7-11-10(15)6-9(8-18(11)12)21-17-14(2)4-5-14/h6-8,17H,3-5H2,1-2H3. The van der Waals surface area contributed by atoms with Crippen molar-refractivity contribution in [2.45, 2.75) is 37.1 Å². The van der Waals surface area contributed by atoms with E-state index in [1.54, 1.807) is 13.1 Å². The monoisotopic (exact) mass is 309 g/mol. The van der Waals surface area contributed by atoms with Crippen molar-refractivity contribution in [2.75, 3.05) is 6.61 Å². The number of aromatic nitrogens is 2. The van der Waals surface area contributed by atoms with Gasteiger partial charge in [0.2, 0.25) is 5.82 Å². The minimum absolute atomic E-state index is 0.0887. The van der Waals surface area contributed by atoms with E-state index in [0.29, 0.717) is 4.90 Å². The fraction of sp³-hybridized carbons (Fsp3) is 0.429. The van der Waals surface area contributed by atoms with Gasteiger partial charge in [0.25, 0.3) is 0 Å². The first-order valence-electron chi connectivity index (χ1n) is 6.80. The molecule has 2 aromatic rings. The van der Waals surface area contributed by atoms with Gasteiger partial charge in [0, 0.05) is 16.6 Å². The molecule has 5 nitrogen and oxygen atoms in total. The highest BCUT2D eigenvalue weighted by Gasteiger charge is 2.37. The third-order valence-electron chi connectivity index (χ3n) is 3.44. The predicted molar refractivity (Wildman–Crippen MR) is 77.7 cm³/mol. The molecule has 21 heavy (non-hydrogen) atoms. The SMILES string of the molecule is CCOC(=O)c1ncc2c(F)cc(SNC3(C)CC3)cn12. The third-order valence-corrected chi connectivity index (χ3v) is 4.49. The van der Waals surface area contributed by atoms with Gasteiger partial charge in [0.05, 0.1) is 12.8 Å². The van der Waals surface area contributed by atoms with Gasteiger partial charge in [-0.05, 0) is 44.7 Å². The maximum atomic E-state index is 14.1. The van der Waals surface area contributed by atoms with Crippen molar-refractivity contribution in [3.05, 3.63) is 30.1 Å². The maximum Gasteiger partial charge on any atom is 0.374 e. The van der Waals surface area contributed by atoms with E-state index in [2.05, 4.69) is 16.6 Å². The normalized spacial score (nSPS) is 16.1. The van der Waals surface area contributed by atoms with Crippen LogP contribution in [0.3, 0.4) is 0 Å². The van der Waals surface area contributed by atoms with Crippen LogP contribution in [0.2, 0.25) is 0 Å². The highest BCUT2D eigenvalue weighted by molar-refractivity contribution is 7.97. The smallest absolute Gasteiger partial charge is 0.374 e. The molecule has 0 amide bonds. The number of pyridine rings is 1. The zero-order valence-electron chi connectivity index (χ0n) is 11.9. The number of nitrogens with one attached hydrogen (secondary N) is 1. The number of nitrogens with zero attached hydrogens (tertiary/aromatic N) is 2. The Kier molecular flexibility index (Phi) is 3.62. The van der Waals surface area contributed by atoms with Crippen LogP contribution in [-0.2, 0) is 4.74 Å². The quantitative estimate of drug-likeness (QED) is 0.680. The molecule has 2 heterocycles. The summed E-state index contributed by atoms with van der Waals surface area (Å²) in [4.78, 5) is 16.5. The average molecular weight is 309 g/mol. The van der Waals surface area contributed by atoms with Crippen LogP contribution in [0.5, 0.6) is 0 Å². The molecule has 1 fully saturated rings. The van der Waals surface area contributed by atoms with E-state index < -0.39 is 11.8 Å².